The van der Waals surface area contributed by atoms with Crippen molar-refractivity contribution in [3.8, 4) is 0 Å². The van der Waals surface area contributed by atoms with Gasteiger partial charge in [0, 0.05) is 83.7 Å². The number of rotatable bonds is 9. The first-order valence-electron chi connectivity index (χ1n) is 14.2. The minimum absolute atomic E-state index is 0.0158. The van der Waals surface area contributed by atoms with E-state index < -0.39 is 0 Å². The Morgan fingerprint density at radius 2 is 1.56 bits per heavy atom. The van der Waals surface area contributed by atoms with Crippen molar-refractivity contribution in [2.45, 2.75) is 51.9 Å². The van der Waals surface area contributed by atoms with Crippen molar-refractivity contribution < 1.29 is 9.53 Å². The molecule has 2 aliphatic rings. The normalized spacial score (nSPS) is 18.2. The number of likely N-dealkylation sites (tertiary alicyclic amines) is 1. The molecule has 0 radical (unpaired) electrons. The van der Waals surface area contributed by atoms with Crippen LogP contribution in [0.2, 0.25) is 0 Å². The van der Waals surface area contributed by atoms with Gasteiger partial charge in [0.1, 0.15) is 11.6 Å². The van der Waals surface area contributed by atoms with Crippen LogP contribution in [0.5, 0.6) is 0 Å². The standard InChI is InChI=1S/C30H43N7O2/c1-24(2)19-35-13-9-30(10-14-35)23-36(17-18-39-30)20-25-5-7-26(8-6-25)29(38)37(21-27-31-11-15-33(27)3)22-28-32-12-16-34(28)4/h5-8,11-12,15-16,24H,9-10,13-14,17-23H2,1-4H3. The molecule has 0 saturated carbocycles. The van der Waals surface area contributed by atoms with E-state index in [0.717, 1.165) is 63.8 Å². The van der Waals surface area contributed by atoms with Gasteiger partial charge in [-0.2, -0.15) is 0 Å². The van der Waals surface area contributed by atoms with Gasteiger partial charge in [-0.15, -0.1) is 0 Å². The molecule has 3 aromatic rings. The number of benzene rings is 1. The molecule has 0 bridgehead atoms. The molecule has 210 valence electrons. The lowest BCUT2D eigenvalue weighted by molar-refractivity contribution is -0.138. The Bertz CT molecular complexity index is 1180. The summed E-state index contributed by atoms with van der Waals surface area (Å²) in [5.41, 5.74) is 1.89. The Morgan fingerprint density at radius 1 is 0.949 bits per heavy atom. The maximum atomic E-state index is 13.6. The van der Waals surface area contributed by atoms with Crippen LogP contribution in [-0.2, 0) is 38.5 Å². The van der Waals surface area contributed by atoms with E-state index >= 15 is 0 Å². The van der Waals surface area contributed by atoms with Crippen LogP contribution in [0, 0.1) is 5.92 Å². The first kappa shape index (κ1) is 27.6. The van der Waals surface area contributed by atoms with E-state index in [0.29, 0.717) is 24.6 Å². The summed E-state index contributed by atoms with van der Waals surface area (Å²) in [6.45, 7) is 12.4. The molecule has 0 unspecified atom stereocenters. The molecule has 9 nitrogen and oxygen atoms in total. The molecule has 2 aromatic heterocycles. The number of carbonyl (C=O) groups is 1. The number of nitrogens with zero attached hydrogens (tertiary/aromatic N) is 7. The second-order valence-corrected chi connectivity index (χ2v) is 11.7. The van der Waals surface area contributed by atoms with E-state index in [1.54, 1.807) is 12.4 Å². The number of amides is 1. The molecule has 9 heteroatoms. The number of aromatic nitrogens is 4. The van der Waals surface area contributed by atoms with E-state index in [1.165, 1.54) is 12.1 Å². The molecule has 2 fully saturated rings. The molecule has 0 N–H and O–H groups in total. The summed E-state index contributed by atoms with van der Waals surface area (Å²) in [6.07, 6.45) is 9.53. The lowest BCUT2D eigenvalue weighted by Gasteiger charge is -2.47. The predicted octanol–water partition coefficient (Wildman–Crippen LogP) is 3.32. The number of hydrogen-bond acceptors (Lipinski definition) is 6. The number of ether oxygens (including phenoxy) is 1. The second kappa shape index (κ2) is 12.0. The predicted molar refractivity (Wildman–Crippen MR) is 151 cm³/mol. The zero-order valence-electron chi connectivity index (χ0n) is 23.9. The zero-order valence-corrected chi connectivity index (χ0v) is 23.9. The monoisotopic (exact) mass is 533 g/mol. The molecular formula is C30H43N7O2. The van der Waals surface area contributed by atoms with Crippen molar-refractivity contribution in [3.05, 3.63) is 71.8 Å². The molecule has 5 rings (SSSR count). The Kier molecular flexibility index (Phi) is 8.49. The first-order chi connectivity index (χ1) is 18.8. The van der Waals surface area contributed by atoms with Crippen LogP contribution >= 0.6 is 0 Å². The summed E-state index contributed by atoms with van der Waals surface area (Å²) in [5.74, 6) is 2.36. The number of hydrogen-bond donors (Lipinski definition) is 0. The maximum Gasteiger partial charge on any atom is 0.254 e. The van der Waals surface area contributed by atoms with E-state index in [1.807, 2.05) is 52.7 Å². The topological polar surface area (TPSA) is 71.7 Å². The van der Waals surface area contributed by atoms with Crippen molar-refractivity contribution in [1.29, 1.82) is 0 Å². The van der Waals surface area contributed by atoms with Crippen LogP contribution in [0.4, 0.5) is 0 Å². The van der Waals surface area contributed by atoms with Crippen LogP contribution in [0.3, 0.4) is 0 Å². The summed E-state index contributed by atoms with van der Waals surface area (Å²) < 4.78 is 10.3. The fourth-order valence-electron chi connectivity index (χ4n) is 5.85. The summed E-state index contributed by atoms with van der Waals surface area (Å²) in [6, 6.07) is 8.12. The smallest absolute Gasteiger partial charge is 0.254 e. The molecule has 0 aliphatic carbocycles. The maximum absolute atomic E-state index is 13.6. The minimum Gasteiger partial charge on any atom is -0.372 e. The Balaban J connectivity index is 1.22. The molecule has 1 amide bonds. The molecular weight excluding hydrogens is 490 g/mol. The Morgan fingerprint density at radius 3 is 2.10 bits per heavy atom. The second-order valence-electron chi connectivity index (χ2n) is 11.7. The first-order valence-corrected chi connectivity index (χ1v) is 14.2. The molecule has 39 heavy (non-hydrogen) atoms. The van der Waals surface area contributed by atoms with Gasteiger partial charge in [0.05, 0.1) is 25.3 Å². The third-order valence-corrected chi connectivity index (χ3v) is 8.12. The van der Waals surface area contributed by atoms with Gasteiger partial charge in [0.25, 0.3) is 5.91 Å². The lowest BCUT2D eigenvalue weighted by Crippen LogP contribution is -2.56. The summed E-state index contributed by atoms with van der Waals surface area (Å²) in [4.78, 5) is 29.4. The lowest BCUT2D eigenvalue weighted by atomic mass is 9.88. The summed E-state index contributed by atoms with van der Waals surface area (Å²) in [5, 5.41) is 0. The van der Waals surface area contributed by atoms with Crippen LogP contribution in [0.25, 0.3) is 0 Å². The average Bonchev–Trinajstić information content (AvgIpc) is 3.52. The van der Waals surface area contributed by atoms with Crippen LogP contribution < -0.4 is 0 Å². The number of carbonyl (C=O) groups excluding carboxylic acids is 1. The van der Waals surface area contributed by atoms with Gasteiger partial charge in [-0.1, -0.05) is 26.0 Å². The highest BCUT2D eigenvalue weighted by Gasteiger charge is 2.39. The van der Waals surface area contributed by atoms with E-state index in [9.17, 15) is 4.79 Å². The quantitative estimate of drug-likeness (QED) is 0.420. The van der Waals surface area contributed by atoms with Crippen molar-refractivity contribution in [3.63, 3.8) is 0 Å². The molecule has 4 heterocycles. The van der Waals surface area contributed by atoms with E-state index in [-0.39, 0.29) is 11.5 Å². The largest absolute Gasteiger partial charge is 0.372 e. The van der Waals surface area contributed by atoms with Crippen LogP contribution in [0.15, 0.2) is 49.1 Å². The van der Waals surface area contributed by atoms with E-state index in [4.69, 9.17) is 4.74 Å². The molecule has 1 aromatic carbocycles. The number of piperidine rings is 1. The van der Waals surface area contributed by atoms with Gasteiger partial charge in [-0.05, 0) is 36.5 Å². The fourth-order valence-corrected chi connectivity index (χ4v) is 5.85. The van der Waals surface area contributed by atoms with Gasteiger partial charge in [0.15, 0.2) is 0 Å². The molecule has 2 aliphatic heterocycles. The Hall–Kier alpha value is -3.01. The van der Waals surface area contributed by atoms with Gasteiger partial charge in [-0.3, -0.25) is 9.69 Å². The molecule has 1 spiro atoms. The third kappa shape index (κ3) is 6.77. The summed E-state index contributed by atoms with van der Waals surface area (Å²) >= 11 is 0. The molecule has 2 saturated heterocycles. The summed E-state index contributed by atoms with van der Waals surface area (Å²) in [7, 11) is 3.90. The van der Waals surface area contributed by atoms with Crippen molar-refractivity contribution in [2.24, 2.45) is 20.0 Å². The average molecular weight is 534 g/mol. The van der Waals surface area contributed by atoms with Gasteiger partial charge < -0.3 is 23.7 Å². The van der Waals surface area contributed by atoms with Crippen molar-refractivity contribution >= 4 is 5.91 Å². The highest BCUT2D eigenvalue weighted by atomic mass is 16.5. The third-order valence-electron chi connectivity index (χ3n) is 8.12. The van der Waals surface area contributed by atoms with Gasteiger partial charge in [-0.25, -0.2) is 9.97 Å². The highest BCUT2D eigenvalue weighted by Crippen LogP contribution is 2.31. The number of aryl methyl sites for hydroxylation is 2. The van der Waals surface area contributed by atoms with Crippen molar-refractivity contribution in [1.82, 2.24) is 33.8 Å². The van der Waals surface area contributed by atoms with Crippen molar-refractivity contribution in [2.75, 3.05) is 39.3 Å². The van der Waals surface area contributed by atoms with Crippen LogP contribution in [0.1, 0.15) is 54.3 Å². The fraction of sp³-hybridized carbons (Fsp3) is 0.567. The highest BCUT2D eigenvalue weighted by molar-refractivity contribution is 5.94. The SMILES string of the molecule is CC(C)CN1CCC2(CC1)CN(Cc1ccc(C(=O)N(Cc3nccn3C)Cc3nccn3C)cc1)CCO2. The van der Waals surface area contributed by atoms with Crippen LogP contribution in [-0.4, -0.2) is 84.6 Å². The number of imidazole rings is 2. The molecule has 0 atom stereocenters. The van der Waals surface area contributed by atoms with Gasteiger partial charge in [0.2, 0.25) is 0 Å². The van der Waals surface area contributed by atoms with Gasteiger partial charge >= 0.3 is 0 Å². The minimum atomic E-state index is -0.0222. The zero-order chi connectivity index (χ0) is 27.4. The Labute approximate surface area is 232 Å². The number of morpholine rings is 1. The van der Waals surface area contributed by atoms with E-state index in [2.05, 4.69) is 45.7 Å².